The van der Waals surface area contributed by atoms with Gasteiger partial charge < -0.3 is 5.32 Å². The van der Waals surface area contributed by atoms with Crippen LogP contribution >= 0.6 is 24.0 Å². The molecule has 1 N–H and O–H groups in total. The quantitative estimate of drug-likeness (QED) is 0.785. The van der Waals surface area contributed by atoms with E-state index in [1.54, 1.807) is 0 Å². The van der Waals surface area contributed by atoms with Crippen LogP contribution in [0.4, 0.5) is 0 Å². The summed E-state index contributed by atoms with van der Waals surface area (Å²) in [6, 6.07) is 8.43. The summed E-state index contributed by atoms with van der Waals surface area (Å²) in [5, 5.41) is 3.24. The Labute approximate surface area is 95.5 Å². The van der Waals surface area contributed by atoms with Crippen LogP contribution in [-0.4, -0.2) is 18.9 Å². The van der Waals surface area contributed by atoms with Gasteiger partial charge in [-0.15, -0.1) is 24.0 Å². The van der Waals surface area contributed by atoms with E-state index in [9.17, 15) is 0 Å². The Morgan fingerprint density at radius 3 is 2.46 bits per heavy atom. The maximum atomic E-state index is 4.34. The monoisotopic (exact) mass is 288 g/mol. The molecular weight excluding hydrogens is 275 g/mol. The summed E-state index contributed by atoms with van der Waals surface area (Å²) >= 11 is 0. The molecule has 0 spiro atoms. The minimum Gasteiger partial charge on any atom is -0.368 e. The third-order valence-corrected chi connectivity index (χ3v) is 2.00. The first-order valence-electron chi connectivity index (χ1n) is 4.21. The van der Waals surface area contributed by atoms with E-state index in [2.05, 4.69) is 41.5 Å². The zero-order valence-corrected chi connectivity index (χ0v) is 9.91. The van der Waals surface area contributed by atoms with Crippen LogP contribution in [0, 0.1) is 6.92 Å². The number of nitrogens with one attached hydrogen (secondary N) is 1. The first-order valence-corrected chi connectivity index (χ1v) is 4.21. The number of benzene rings is 1. The maximum Gasteiger partial charge on any atom is 0.128 e. The van der Waals surface area contributed by atoms with Crippen molar-refractivity contribution in [3.8, 4) is 0 Å². The van der Waals surface area contributed by atoms with Gasteiger partial charge >= 0.3 is 0 Å². The van der Waals surface area contributed by atoms with Gasteiger partial charge in [-0.2, -0.15) is 0 Å². The summed E-state index contributed by atoms with van der Waals surface area (Å²) < 4.78 is 0. The fraction of sp³-hybridized carbons (Fsp3) is 0.300. The van der Waals surface area contributed by atoms with E-state index in [1.807, 2.05) is 0 Å². The van der Waals surface area contributed by atoms with E-state index in [1.165, 1.54) is 11.1 Å². The van der Waals surface area contributed by atoms with Crippen LogP contribution in [0.3, 0.4) is 0 Å². The average Bonchev–Trinajstić information content (AvgIpc) is 2.58. The Kier molecular flexibility index (Phi) is 3.71. The number of aliphatic imine (C=N–C) groups is 1. The third kappa shape index (κ3) is 2.43. The second kappa shape index (κ2) is 4.60. The molecule has 1 aliphatic rings. The van der Waals surface area contributed by atoms with Gasteiger partial charge in [0.05, 0.1) is 6.54 Å². The van der Waals surface area contributed by atoms with Gasteiger partial charge in [0.15, 0.2) is 0 Å². The van der Waals surface area contributed by atoms with Gasteiger partial charge in [0.2, 0.25) is 0 Å². The number of amidine groups is 1. The number of halogens is 1. The van der Waals surface area contributed by atoms with Gasteiger partial charge in [-0.05, 0) is 6.92 Å². The Bertz CT molecular complexity index is 303. The Morgan fingerprint density at radius 1 is 1.23 bits per heavy atom. The van der Waals surface area contributed by atoms with Crippen molar-refractivity contribution in [2.45, 2.75) is 6.92 Å². The molecule has 3 heteroatoms. The van der Waals surface area contributed by atoms with Crippen molar-refractivity contribution < 1.29 is 0 Å². The van der Waals surface area contributed by atoms with Crippen LogP contribution in [0.1, 0.15) is 11.1 Å². The van der Waals surface area contributed by atoms with Crippen LogP contribution in [0.15, 0.2) is 29.3 Å². The molecule has 0 atom stereocenters. The number of nitrogens with zero attached hydrogens (tertiary/aromatic N) is 1. The van der Waals surface area contributed by atoms with Crippen molar-refractivity contribution in [3.63, 3.8) is 0 Å². The van der Waals surface area contributed by atoms with Gasteiger partial charge in [-0.1, -0.05) is 29.8 Å². The molecule has 2 rings (SSSR count). The normalized spacial score (nSPS) is 14.4. The number of hydrogen-bond donors (Lipinski definition) is 1. The Hall–Kier alpha value is -0.580. The Balaban J connectivity index is 0.000000845. The zero-order chi connectivity index (χ0) is 8.39. The molecule has 0 saturated heterocycles. The average molecular weight is 288 g/mol. The highest BCUT2D eigenvalue weighted by Crippen LogP contribution is 2.05. The molecule has 13 heavy (non-hydrogen) atoms. The lowest BCUT2D eigenvalue weighted by Crippen LogP contribution is -2.19. The Morgan fingerprint density at radius 2 is 1.92 bits per heavy atom. The highest BCUT2D eigenvalue weighted by molar-refractivity contribution is 14.0. The molecule has 70 valence electrons. The van der Waals surface area contributed by atoms with Gasteiger partial charge in [-0.3, -0.25) is 4.99 Å². The maximum absolute atomic E-state index is 4.34. The molecule has 0 radical (unpaired) electrons. The topological polar surface area (TPSA) is 24.4 Å². The smallest absolute Gasteiger partial charge is 0.128 e. The molecule has 0 amide bonds. The van der Waals surface area contributed by atoms with Crippen LogP contribution in [0.5, 0.6) is 0 Å². The minimum absolute atomic E-state index is 0. The molecule has 0 aliphatic carbocycles. The van der Waals surface area contributed by atoms with Crippen LogP contribution in [0.25, 0.3) is 0 Å². The zero-order valence-electron chi connectivity index (χ0n) is 7.58. The molecule has 1 aromatic carbocycles. The second-order valence-electron chi connectivity index (χ2n) is 3.02. The molecule has 0 unspecified atom stereocenters. The summed E-state index contributed by atoms with van der Waals surface area (Å²) in [6.45, 7) is 3.97. The van der Waals surface area contributed by atoms with Crippen molar-refractivity contribution in [1.29, 1.82) is 0 Å². The van der Waals surface area contributed by atoms with Gasteiger partial charge in [0.25, 0.3) is 0 Å². The van der Waals surface area contributed by atoms with Crippen molar-refractivity contribution in [3.05, 3.63) is 35.4 Å². The number of aryl methyl sites for hydroxylation is 1. The fourth-order valence-electron chi connectivity index (χ4n) is 1.30. The van der Waals surface area contributed by atoms with Crippen molar-refractivity contribution >= 4 is 29.8 Å². The predicted octanol–water partition coefficient (Wildman–Crippen LogP) is 1.96. The van der Waals surface area contributed by atoms with E-state index in [-0.39, 0.29) is 24.0 Å². The molecule has 0 saturated carbocycles. The first-order chi connectivity index (χ1) is 5.86. The molecule has 0 fully saturated rings. The summed E-state index contributed by atoms with van der Waals surface area (Å²) in [4.78, 5) is 4.34. The highest BCUT2D eigenvalue weighted by atomic mass is 127. The summed E-state index contributed by atoms with van der Waals surface area (Å²) in [6.07, 6.45) is 0. The third-order valence-electron chi connectivity index (χ3n) is 2.00. The SMILES string of the molecule is Cc1ccc(C2=NCCN2)cc1.I. The lowest BCUT2D eigenvalue weighted by Gasteiger charge is -2.01. The summed E-state index contributed by atoms with van der Waals surface area (Å²) in [5.74, 6) is 1.04. The summed E-state index contributed by atoms with van der Waals surface area (Å²) in [5.41, 5.74) is 2.48. The predicted molar refractivity (Wildman–Crippen MR) is 66.0 cm³/mol. The molecule has 1 aliphatic heterocycles. The largest absolute Gasteiger partial charge is 0.368 e. The van der Waals surface area contributed by atoms with Crippen LogP contribution in [0.2, 0.25) is 0 Å². The van der Waals surface area contributed by atoms with Crippen molar-refractivity contribution in [2.75, 3.05) is 13.1 Å². The standard InChI is InChI=1S/C10H12N2.HI/c1-8-2-4-9(5-3-8)10-11-6-7-12-10;/h2-5H,6-7H2,1H3,(H,11,12);1H. The molecule has 0 aromatic heterocycles. The molecule has 0 bridgehead atoms. The van der Waals surface area contributed by atoms with Crippen molar-refractivity contribution in [1.82, 2.24) is 5.32 Å². The molecule has 1 aromatic rings. The van der Waals surface area contributed by atoms with Gasteiger partial charge in [0.1, 0.15) is 5.84 Å². The van der Waals surface area contributed by atoms with Gasteiger partial charge in [0, 0.05) is 12.1 Å². The lowest BCUT2D eigenvalue weighted by molar-refractivity contribution is 0.960. The summed E-state index contributed by atoms with van der Waals surface area (Å²) in [7, 11) is 0. The fourth-order valence-corrected chi connectivity index (χ4v) is 1.30. The van der Waals surface area contributed by atoms with E-state index < -0.39 is 0 Å². The van der Waals surface area contributed by atoms with E-state index in [0.717, 1.165) is 18.9 Å². The van der Waals surface area contributed by atoms with E-state index in [0.29, 0.717) is 0 Å². The first kappa shape index (κ1) is 10.5. The lowest BCUT2D eigenvalue weighted by atomic mass is 10.1. The van der Waals surface area contributed by atoms with Crippen molar-refractivity contribution in [2.24, 2.45) is 4.99 Å². The number of rotatable bonds is 1. The van der Waals surface area contributed by atoms with E-state index >= 15 is 0 Å². The number of hydrogen-bond acceptors (Lipinski definition) is 2. The molecular formula is C10H13IN2. The van der Waals surface area contributed by atoms with Gasteiger partial charge in [-0.25, -0.2) is 0 Å². The van der Waals surface area contributed by atoms with Crippen LogP contribution < -0.4 is 5.32 Å². The second-order valence-corrected chi connectivity index (χ2v) is 3.02. The highest BCUT2D eigenvalue weighted by Gasteiger charge is 2.05. The van der Waals surface area contributed by atoms with Crippen LogP contribution in [-0.2, 0) is 0 Å². The molecule has 2 nitrogen and oxygen atoms in total. The van der Waals surface area contributed by atoms with E-state index in [4.69, 9.17) is 0 Å². The molecule has 1 heterocycles. The minimum atomic E-state index is 0.